The van der Waals surface area contributed by atoms with Gasteiger partial charge in [-0.1, -0.05) is 6.07 Å². The van der Waals surface area contributed by atoms with Crippen molar-refractivity contribution in [2.24, 2.45) is 0 Å². The van der Waals surface area contributed by atoms with E-state index in [0.29, 0.717) is 13.1 Å². The number of benzene rings is 1. The van der Waals surface area contributed by atoms with Gasteiger partial charge in [0, 0.05) is 6.07 Å². The number of carbonyl (C=O) groups excluding carboxylic acids is 1. The van der Waals surface area contributed by atoms with E-state index in [1.165, 1.54) is 6.07 Å². The molecule has 0 fully saturated rings. The Hall–Kier alpha value is -2.97. The number of aryl methyl sites for hydroxylation is 2. The van der Waals surface area contributed by atoms with E-state index in [0.717, 1.165) is 26.7 Å². The van der Waals surface area contributed by atoms with E-state index in [9.17, 15) is 14.9 Å². The van der Waals surface area contributed by atoms with E-state index < -0.39 is 4.92 Å². The number of hydrogen-bond acceptors (Lipinski definition) is 5. The Labute approximate surface area is 166 Å². The summed E-state index contributed by atoms with van der Waals surface area (Å²) < 4.78 is 5.42. The lowest BCUT2D eigenvalue weighted by molar-refractivity contribution is -0.920. The van der Waals surface area contributed by atoms with Crippen molar-refractivity contribution < 1.29 is 19.0 Å². The highest BCUT2D eigenvalue weighted by Crippen LogP contribution is 2.27. The highest BCUT2D eigenvalue weighted by Gasteiger charge is 2.21. The maximum Gasteiger partial charge on any atom is 0.293 e. The zero-order valence-electron chi connectivity index (χ0n) is 15.7. The minimum absolute atomic E-state index is 0.0951. The van der Waals surface area contributed by atoms with Crippen LogP contribution in [0.1, 0.15) is 21.8 Å². The van der Waals surface area contributed by atoms with Gasteiger partial charge in [-0.05, 0) is 54.6 Å². The molecule has 1 unspecified atom stereocenters. The van der Waals surface area contributed by atoms with Crippen LogP contribution in [0.15, 0.2) is 52.5 Å². The molecule has 0 aliphatic carbocycles. The van der Waals surface area contributed by atoms with Crippen LogP contribution in [0.25, 0.3) is 0 Å². The van der Waals surface area contributed by atoms with Crippen molar-refractivity contribution in [3.8, 4) is 0 Å². The minimum atomic E-state index is -0.471. The molecule has 1 amide bonds. The van der Waals surface area contributed by atoms with E-state index in [1.807, 2.05) is 43.5 Å². The van der Waals surface area contributed by atoms with Crippen LogP contribution in [0.3, 0.4) is 0 Å². The number of rotatable bonds is 8. The van der Waals surface area contributed by atoms with E-state index in [-0.39, 0.29) is 23.8 Å². The van der Waals surface area contributed by atoms with Crippen molar-refractivity contribution in [3.05, 3.63) is 79.9 Å². The minimum Gasteiger partial charge on any atom is -0.463 e. The lowest BCUT2D eigenvalue weighted by Gasteiger charge is -2.17. The number of amides is 1. The summed E-state index contributed by atoms with van der Waals surface area (Å²) in [5.41, 5.74) is 1.83. The standard InChI is InChI=1S/C20H21N3O4S/c1-14-9-18(19(23(25)26)10-15(14)2)21-20(24)13-22(11-16-5-3-7-27-16)12-17-6-4-8-28-17/h3-10H,11-13H2,1-2H3,(H,21,24)/p+1. The topological polar surface area (TPSA) is 89.8 Å². The molecule has 0 aliphatic rings. The molecule has 3 rings (SSSR count). The van der Waals surface area contributed by atoms with Gasteiger partial charge in [-0.25, -0.2) is 0 Å². The summed E-state index contributed by atoms with van der Waals surface area (Å²) in [4.78, 5) is 25.7. The molecule has 0 aliphatic heterocycles. The molecular weight excluding hydrogens is 378 g/mol. The van der Waals surface area contributed by atoms with Crippen LogP contribution in [0, 0.1) is 24.0 Å². The monoisotopic (exact) mass is 400 g/mol. The number of hydrogen-bond donors (Lipinski definition) is 2. The predicted octanol–water partition coefficient (Wildman–Crippen LogP) is 3.09. The average molecular weight is 400 g/mol. The molecule has 0 bridgehead atoms. The molecule has 2 N–H and O–H groups in total. The van der Waals surface area contributed by atoms with Gasteiger partial charge < -0.3 is 14.6 Å². The summed E-state index contributed by atoms with van der Waals surface area (Å²) in [6.45, 7) is 5.06. The summed E-state index contributed by atoms with van der Waals surface area (Å²) >= 11 is 1.63. The third kappa shape index (κ3) is 5.05. The van der Waals surface area contributed by atoms with Crippen LogP contribution in [0.4, 0.5) is 11.4 Å². The Morgan fingerprint density at radius 1 is 1.21 bits per heavy atom. The number of nitrogens with one attached hydrogen (secondary N) is 2. The number of thiophene rings is 1. The molecule has 7 nitrogen and oxygen atoms in total. The normalized spacial score (nSPS) is 11.9. The Morgan fingerprint density at radius 2 is 2.00 bits per heavy atom. The van der Waals surface area contributed by atoms with E-state index in [4.69, 9.17) is 4.42 Å². The lowest BCUT2D eigenvalue weighted by atomic mass is 10.1. The van der Waals surface area contributed by atoms with Gasteiger partial charge in [0.25, 0.3) is 11.6 Å². The third-order valence-corrected chi connectivity index (χ3v) is 5.38. The first kappa shape index (κ1) is 19.8. The second kappa shape index (κ2) is 8.81. The molecule has 28 heavy (non-hydrogen) atoms. The summed E-state index contributed by atoms with van der Waals surface area (Å²) in [5.74, 6) is 0.515. The zero-order valence-corrected chi connectivity index (χ0v) is 16.5. The first-order valence-electron chi connectivity index (χ1n) is 8.86. The molecule has 2 heterocycles. The van der Waals surface area contributed by atoms with Gasteiger partial charge in [0.15, 0.2) is 12.3 Å². The van der Waals surface area contributed by atoms with Crippen molar-refractivity contribution in [1.82, 2.24) is 0 Å². The average Bonchev–Trinajstić information content (AvgIpc) is 3.31. The predicted molar refractivity (Wildman–Crippen MR) is 107 cm³/mol. The maximum absolute atomic E-state index is 12.7. The van der Waals surface area contributed by atoms with Crippen LogP contribution >= 0.6 is 11.3 Å². The van der Waals surface area contributed by atoms with E-state index in [1.54, 1.807) is 23.7 Å². The summed E-state index contributed by atoms with van der Waals surface area (Å²) in [6.07, 6.45) is 1.61. The Morgan fingerprint density at radius 3 is 2.64 bits per heavy atom. The summed E-state index contributed by atoms with van der Waals surface area (Å²) in [6, 6.07) is 10.8. The molecule has 0 radical (unpaired) electrons. The van der Waals surface area contributed by atoms with E-state index in [2.05, 4.69) is 5.32 Å². The third-order valence-electron chi connectivity index (χ3n) is 4.50. The second-order valence-corrected chi connectivity index (χ2v) is 7.73. The van der Waals surface area contributed by atoms with Gasteiger partial charge in [-0.15, -0.1) is 11.3 Å². The number of quaternary nitrogens is 1. The zero-order chi connectivity index (χ0) is 20.1. The summed E-state index contributed by atoms with van der Waals surface area (Å²) in [7, 11) is 0. The molecule has 0 saturated carbocycles. The van der Waals surface area contributed by atoms with Crippen molar-refractivity contribution in [2.75, 3.05) is 11.9 Å². The quantitative estimate of drug-likeness (QED) is 0.449. The smallest absolute Gasteiger partial charge is 0.293 e. The first-order valence-corrected chi connectivity index (χ1v) is 9.74. The van der Waals surface area contributed by atoms with Gasteiger partial charge >= 0.3 is 0 Å². The Kier molecular flexibility index (Phi) is 6.23. The largest absolute Gasteiger partial charge is 0.463 e. The van der Waals surface area contributed by atoms with Gasteiger partial charge in [-0.2, -0.15) is 0 Å². The second-order valence-electron chi connectivity index (χ2n) is 6.70. The number of nitro benzene ring substituents is 1. The number of nitro groups is 1. The van der Waals surface area contributed by atoms with Crippen LogP contribution in [0.2, 0.25) is 0 Å². The number of furan rings is 1. The molecule has 2 aromatic heterocycles. The summed E-state index contributed by atoms with van der Waals surface area (Å²) in [5, 5.41) is 16.1. The van der Waals surface area contributed by atoms with E-state index >= 15 is 0 Å². The number of nitrogens with zero attached hydrogens (tertiary/aromatic N) is 1. The molecule has 1 atom stereocenters. The molecule has 1 aromatic carbocycles. The maximum atomic E-state index is 12.7. The van der Waals surface area contributed by atoms with Crippen molar-refractivity contribution in [3.63, 3.8) is 0 Å². The molecule has 0 spiro atoms. The van der Waals surface area contributed by atoms with Crippen molar-refractivity contribution in [1.29, 1.82) is 0 Å². The van der Waals surface area contributed by atoms with Gasteiger partial charge in [0.05, 0.1) is 16.1 Å². The van der Waals surface area contributed by atoms with Crippen LogP contribution in [-0.4, -0.2) is 17.4 Å². The first-order chi connectivity index (χ1) is 13.4. The van der Waals surface area contributed by atoms with Gasteiger partial charge in [0.1, 0.15) is 18.8 Å². The fraction of sp³-hybridized carbons (Fsp3) is 0.250. The number of carbonyl (C=O) groups is 1. The Bertz CT molecular complexity index is 916. The van der Waals surface area contributed by atoms with Gasteiger partial charge in [0.2, 0.25) is 0 Å². The molecular formula is C20H22N3O4S+. The highest BCUT2D eigenvalue weighted by molar-refractivity contribution is 7.09. The molecule has 3 aromatic rings. The number of anilines is 1. The molecule has 146 valence electrons. The van der Waals surface area contributed by atoms with Crippen LogP contribution in [0.5, 0.6) is 0 Å². The van der Waals surface area contributed by atoms with Crippen LogP contribution < -0.4 is 10.2 Å². The fourth-order valence-corrected chi connectivity index (χ4v) is 3.76. The molecule has 0 saturated heterocycles. The fourth-order valence-electron chi connectivity index (χ4n) is 2.98. The van der Waals surface area contributed by atoms with Crippen LogP contribution in [-0.2, 0) is 17.9 Å². The van der Waals surface area contributed by atoms with Crippen molar-refractivity contribution >= 4 is 28.6 Å². The van der Waals surface area contributed by atoms with Gasteiger partial charge in [-0.3, -0.25) is 14.9 Å². The SMILES string of the molecule is Cc1cc(NC(=O)C[NH+](Cc2ccco2)Cc2cccs2)c([N+](=O)[O-])cc1C. The lowest BCUT2D eigenvalue weighted by Crippen LogP contribution is -3.10. The van der Waals surface area contributed by atoms with Crippen molar-refractivity contribution in [2.45, 2.75) is 26.9 Å². The molecule has 8 heteroatoms. The highest BCUT2D eigenvalue weighted by atomic mass is 32.1. The Balaban J connectivity index is 1.74.